The molecule has 1 aromatic heterocycles. The standard InChI is InChI=1S/C17H16FN3O2/c18-14-4-2-1-3-12(14)15-7-16-13(9-20-15)17(22)21-6-5-19-8-11(21)10-23-16/h1-4,7,9,11,19H,5-6,8,10H2. The van der Waals surface area contributed by atoms with E-state index in [-0.39, 0.29) is 17.8 Å². The highest BCUT2D eigenvalue weighted by molar-refractivity contribution is 5.97. The molecule has 23 heavy (non-hydrogen) atoms. The molecular weight excluding hydrogens is 297 g/mol. The van der Waals surface area contributed by atoms with Crippen LogP contribution in [0, 0.1) is 5.82 Å². The van der Waals surface area contributed by atoms with E-state index >= 15 is 0 Å². The Morgan fingerprint density at radius 2 is 2.17 bits per heavy atom. The van der Waals surface area contributed by atoms with Crippen molar-refractivity contribution in [1.82, 2.24) is 15.2 Å². The summed E-state index contributed by atoms with van der Waals surface area (Å²) in [4.78, 5) is 18.8. The van der Waals surface area contributed by atoms with E-state index in [1.54, 1.807) is 24.3 Å². The van der Waals surface area contributed by atoms with Crippen molar-refractivity contribution in [1.29, 1.82) is 0 Å². The zero-order chi connectivity index (χ0) is 15.8. The van der Waals surface area contributed by atoms with Crippen LogP contribution in [0.4, 0.5) is 4.39 Å². The molecule has 2 aromatic rings. The molecule has 4 rings (SSSR count). The number of ether oxygens (including phenoxy) is 1. The van der Waals surface area contributed by atoms with Gasteiger partial charge in [-0.3, -0.25) is 9.78 Å². The number of piperazine rings is 1. The molecule has 5 nitrogen and oxygen atoms in total. The third-order valence-electron chi connectivity index (χ3n) is 4.29. The van der Waals surface area contributed by atoms with Crippen molar-refractivity contribution in [3.05, 3.63) is 47.9 Å². The number of nitrogens with zero attached hydrogens (tertiary/aromatic N) is 2. The molecule has 0 spiro atoms. The number of carbonyl (C=O) groups excluding carboxylic acids is 1. The summed E-state index contributed by atoms with van der Waals surface area (Å²) < 4.78 is 19.8. The molecule has 0 aliphatic carbocycles. The van der Waals surface area contributed by atoms with Crippen LogP contribution in [0.15, 0.2) is 36.5 Å². The molecule has 0 bridgehead atoms. The van der Waals surface area contributed by atoms with Crippen LogP contribution in [0.3, 0.4) is 0 Å². The Hall–Kier alpha value is -2.47. The van der Waals surface area contributed by atoms with Crippen molar-refractivity contribution < 1.29 is 13.9 Å². The minimum atomic E-state index is -0.346. The predicted molar refractivity (Wildman–Crippen MR) is 82.8 cm³/mol. The third-order valence-corrected chi connectivity index (χ3v) is 4.29. The van der Waals surface area contributed by atoms with E-state index in [0.29, 0.717) is 42.3 Å². The van der Waals surface area contributed by atoms with Gasteiger partial charge in [0.1, 0.15) is 18.2 Å². The molecule has 1 fully saturated rings. The third kappa shape index (κ3) is 2.45. The smallest absolute Gasteiger partial charge is 0.259 e. The molecule has 1 unspecified atom stereocenters. The normalized spacial score (nSPS) is 20.3. The Morgan fingerprint density at radius 1 is 1.30 bits per heavy atom. The molecule has 1 atom stereocenters. The van der Waals surface area contributed by atoms with Crippen LogP contribution < -0.4 is 10.1 Å². The summed E-state index contributed by atoms with van der Waals surface area (Å²) in [6.07, 6.45) is 1.49. The molecule has 1 N–H and O–H groups in total. The van der Waals surface area contributed by atoms with Crippen LogP contribution in [-0.2, 0) is 0 Å². The van der Waals surface area contributed by atoms with Gasteiger partial charge in [-0.25, -0.2) is 4.39 Å². The number of hydrogen-bond donors (Lipinski definition) is 1. The number of rotatable bonds is 1. The average molecular weight is 313 g/mol. The number of benzene rings is 1. The Kier molecular flexibility index (Phi) is 3.46. The molecule has 6 heteroatoms. The van der Waals surface area contributed by atoms with Crippen molar-refractivity contribution in [3.8, 4) is 17.0 Å². The molecule has 3 heterocycles. The fourth-order valence-corrected chi connectivity index (χ4v) is 3.05. The van der Waals surface area contributed by atoms with Crippen LogP contribution >= 0.6 is 0 Å². The van der Waals surface area contributed by atoms with E-state index in [4.69, 9.17) is 4.74 Å². The van der Waals surface area contributed by atoms with Gasteiger partial charge in [-0.2, -0.15) is 0 Å². The van der Waals surface area contributed by atoms with E-state index in [1.807, 2.05) is 4.90 Å². The lowest BCUT2D eigenvalue weighted by Crippen LogP contribution is -2.54. The first-order chi connectivity index (χ1) is 11.2. The van der Waals surface area contributed by atoms with Crippen molar-refractivity contribution in [2.24, 2.45) is 0 Å². The van der Waals surface area contributed by atoms with Gasteiger partial charge >= 0.3 is 0 Å². The molecular formula is C17H16FN3O2. The van der Waals surface area contributed by atoms with Crippen LogP contribution in [-0.4, -0.2) is 48.1 Å². The summed E-state index contributed by atoms with van der Waals surface area (Å²) in [5.74, 6) is 0.0516. The summed E-state index contributed by atoms with van der Waals surface area (Å²) in [7, 11) is 0. The Labute approximate surface area is 133 Å². The number of aromatic nitrogens is 1. The molecule has 0 saturated carbocycles. The lowest BCUT2D eigenvalue weighted by Gasteiger charge is -2.33. The van der Waals surface area contributed by atoms with Gasteiger partial charge in [0.25, 0.3) is 5.91 Å². The maximum absolute atomic E-state index is 13.9. The van der Waals surface area contributed by atoms with Crippen molar-refractivity contribution in [2.45, 2.75) is 6.04 Å². The second-order valence-electron chi connectivity index (χ2n) is 5.71. The Morgan fingerprint density at radius 3 is 3.04 bits per heavy atom. The lowest BCUT2D eigenvalue weighted by atomic mass is 10.1. The van der Waals surface area contributed by atoms with Gasteiger partial charge in [-0.05, 0) is 12.1 Å². The van der Waals surface area contributed by atoms with Gasteiger partial charge in [0, 0.05) is 37.5 Å². The number of pyridine rings is 1. The van der Waals surface area contributed by atoms with Crippen molar-refractivity contribution in [3.63, 3.8) is 0 Å². The number of fused-ring (bicyclic) bond motifs is 2. The lowest BCUT2D eigenvalue weighted by molar-refractivity contribution is 0.0606. The number of nitrogens with one attached hydrogen (secondary N) is 1. The highest BCUT2D eigenvalue weighted by Crippen LogP contribution is 2.30. The van der Waals surface area contributed by atoms with Crippen molar-refractivity contribution in [2.75, 3.05) is 26.2 Å². The predicted octanol–water partition coefficient (Wildman–Crippen LogP) is 1.69. The monoisotopic (exact) mass is 313 g/mol. The Balaban J connectivity index is 1.74. The SMILES string of the molecule is O=C1c2cnc(-c3ccccc3F)cc2OCC2CNCCN12. The van der Waals surface area contributed by atoms with Gasteiger partial charge in [0.15, 0.2) is 0 Å². The fraction of sp³-hybridized carbons (Fsp3) is 0.294. The maximum atomic E-state index is 13.9. The molecule has 1 aromatic carbocycles. The molecule has 2 aliphatic heterocycles. The quantitative estimate of drug-likeness (QED) is 0.870. The molecule has 0 radical (unpaired) electrons. The molecule has 118 valence electrons. The van der Waals surface area contributed by atoms with Gasteiger partial charge in [-0.15, -0.1) is 0 Å². The van der Waals surface area contributed by atoms with Crippen LogP contribution in [0.1, 0.15) is 10.4 Å². The maximum Gasteiger partial charge on any atom is 0.259 e. The summed E-state index contributed by atoms with van der Waals surface area (Å²) in [5.41, 5.74) is 1.30. The summed E-state index contributed by atoms with van der Waals surface area (Å²) in [6.45, 7) is 2.57. The number of halogens is 1. The first kappa shape index (κ1) is 14.1. The second kappa shape index (κ2) is 5.62. The molecule has 1 saturated heterocycles. The highest BCUT2D eigenvalue weighted by atomic mass is 19.1. The van der Waals surface area contributed by atoms with Crippen LogP contribution in [0.2, 0.25) is 0 Å². The van der Waals surface area contributed by atoms with E-state index in [2.05, 4.69) is 10.3 Å². The second-order valence-corrected chi connectivity index (χ2v) is 5.71. The fourth-order valence-electron chi connectivity index (χ4n) is 3.05. The first-order valence-electron chi connectivity index (χ1n) is 7.63. The van der Waals surface area contributed by atoms with Crippen molar-refractivity contribution >= 4 is 5.91 Å². The summed E-state index contributed by atoms with van der Waals surface area (Å²) in [6, 6.07) is 8.10. The zero-order valence-corrected chi connectivity index (χ0v) is 12.5. The van der Waals surface area contributed by atoms with Gasteiger partial charge in [0.05, 0.1) is 17.3 Å². The zero-order valence-electron chi connectivity index (χ0n) is 12.5. The van der Waals surface area contributed by atoms with Gasteiger partial charge in [-0.1, -0.05) is 12.1 Å². The number of amides is 1. The summed E-state index contributed by atoms with van der Waals surface area (Å²) >= 11 is 0. The molecule has 1 amide bonds. The highest BCUT2D eigenvalue weighted by Gasteiger charge is 2.33. The van der Waals surface area contributed by atoms with E-state index < -0.39 is 0 Å². The number of carbonyl (C=O) groups is 1. The first-order valence-corrected chi connectivity index (χ1v) is 7.63. The van der Waals surface area contributed by atoms with E-state index in [1.165, 1.54) is 12.3 Å². The van der Waals surface area contributed by atoms with E-state index in [0.717, 1.165) is 6.54 Å². The van der Waals surface area contributed by atoms with Crippen LogP contribution in [0.25, 0.3) is 11.3 Å². The van der Waals surface area contributed by atoms with Gasteiger partial charge < -0.3 is 15.0 Å². The van der Waals surface area contributed by atoms with Crippen LogP contribution in [0.5, 0.6) is 5.75 Å². The largest absolute Gasteiger partial charge is 0.490 e. The van der Waals surface area contributed by atoms with Gasteiger partial charge in [0.2, 0.25) is 0 Å². The van der Waals surface area contributed by atoms with E-state index in [9.17, 15) is 9.18 Å². The number of hydrogen-bond acceptors (Lipinski definition) is 4. The molecule has 2 aliphatic rings. The average Bonchev–Trinajstić information content (AvgIpc) is 2.73. The summed E-state index contributed by atoms with van der Waals surface area (Å²) in [5, 5.41) is 3.26. The topological polar surface area (TPSA) is 54.5 Å². The minimum Gasteiger partial charge on any atom is -0.490 e. The Bertz CT molecular complexity index is 765. The minimum absolute atomic E-state index is 0.0144.